The molecule has 3 rings (SSSR count). The number of ether oxygens (including phenoxy) is 1. The number of hydrogen-bond acceptors (Lipinski definition) is 4. The third-order valence-electron chi connectivity index (χ3n) is 3.96. The van der Waals surface area contributed by atoms with Gasteiger partial charge in [-0.15, -0.1) is 11.3 Å². The van der Waals surface area contributed by atoms with Gasteiger partial charge >= 0.3 is 0 Å². The van der Waals surface area contributed by atoms with E-state index in [0.29, 0.717) is 13.2 Å². The van der Waals surface area contributed by atoms with Gasteiger partial charge in [0.15, 0.2) is 0 Å². The minimum atomic E-state index is 0.0329. The molecule has 2 heterocycles. The zero-order valence-electron chi connectivity index (χ0n) is 13.1. The summed E-state index contributed by atoms with van der Waals surface area (Å²) in [6, 6.07) is 8.33. The summed E-state index contributed by atoms with van der Waals surface area (Å²) in [5, 5.41) is 0.928. The van der Waals surface area contributed by atoms with Gasteiger partial charge in [0, 0.05) is 20.0 Å². The van der Waals surface area contributed by atoms with E-state index in [2.05, 4.69) is 23.2 Å². The minimum Gasteiger partial charge on any atom is -0.371 e. The number of benzene rings is 1. The van der Waals surface area contributed by atoms with Crippen LogP contribution < -0.4 is 0 Å². The molecule has 0 aliphatic carbocycles. The highest BCUT2D eigenvalue weighted by atomic mass is 32.1. The van der Waals surface area contributed by atoms with Crippen molar-refractivity contribution in [2.45, 2.75) is 33.0 Å². The number of carbonyl (C=O) groups is 1. The molecule has 4 nitrogen and oxygen atoms in total. The first-order valence-electron chi connectivity index (χ1n) is 7.42. The number of aryl methyl sites for hydroxylation is 2. The molecule has 1 atom stereocenters. The third-order valence-corrected chi connectivity index (χ3v) is 5.02. The van der Waals surface area contributed by atoms with Crippen LogP contribution in [-0.4, -0.2) is 35.5 Å². The number of rotatable bonds is 3. The summed E-state index contributed by atoms with van der Waals surface area (Å²) in [4.78, 5) is 19.4. The highest BCUT2D eigenvalue weighted by molar-refractivity contribution is 7.13. The predicted octanol–water partition coefficient (Wildman–Crippen LogP) is 2.97. The van der Waals surface area contributed by atoms with Crippen molar-refractivity contribution in [3.63, 3.8) is 0 Å². The van der Waals surface area contributed by atoms with Gasteiger partial charge in [0.1, 0.15) is 4.88 Å². The normalized spacial score (nSPS) is 17.1. The van der Waals surface area contributed by atoms with Crippen molar-refractivity contribution >= 4 is 17.2 Å². The predicted molar refractivity (Wildman–Crippen MR) is 87.3 cm³/mol. The molecule has 1 unspecified atom stereocenters. The average molecular weight is 316 g/mol. The van der Waals surface area contributed by atoms with E-state index in [-0.39, 0.29) is 12.0 Å². The van der Waals surface area contributed by atoms with Crippen LogP contribution in [0.3, 0.4) is 0 Å². The van der Waals surface area contributed by atoms with E-state index in [1.54, 1.807) is 4.90 Å². The van der Waals surface area contributed by atoms with Crippen molar-refractivity contribution in [2.75, 3.05) is 13.6 Å². The first-order valence-corrected chi connectivity index (χ1v) is 8.24. The average Bonchev–Trinajstić information content (AvgIpc) is 2.85. The van der Waals surface area contributed by atoms with Crippen LogP contribution in [0.2, 0.25) is 0 Å². The Kier molecular flexibility index (Phi) is 4.27. The molecule has 22 heavy (non-hydrogen) atoms. The topological polar surface area (TPSA) is 42.4 Å². The Morgan fingerprint density at radius 2 is 2.09 bits per heavy atom. The summed E-state index contributed by atoms with van der Waals surface area (Å²) in [6.45, 7) is 5.04. The van der Waals surface area contributed by atoms with E-state index >= 15 is 0 Å². The molecule has 0 saturated heterocycles. The van der Waals surface area contributed by atoms with Gasteiger partial charge in [0.25, 0.3) is 5.91 Å². The fourth-order valence-corrected chi connectivity index (χ4v) is 3.73. The maximum Gasteiger partial charge on any atom is 0.265 e. The van der Waals surface area contributed by atoms with Crippen molar-refractivity contribution in [1.29, 1.82) is 0 Å². The fourth-order valence-electron chi connectivity index (χ4n) is 2.82. The summed E-state index contributed by atoms with van der Waals surface area (Å²) in [5.74, 6) is 0.0329. The van der Waals surface area contributed by atoms with Gasteiger partial charge in [0.2, 0.25) is 0 Å². The highest BCUT2D eigenvalue weighted by Gasteiger charge is 2.24. The van der Waals surface area contributed by atoms with E-state index in [1.807, 2.05) is 27.0 Å². The first-order chi connectivity index (χ1) is 10.5. The zero-order valence-corrected chi connectivity index (χ0v) is 13.9. The van der Waals surface area contributed by atoms with E-state index in [9.17, 15) is 4.79 Å². The molecular weight excluding hydrogens is 296 g/mol. The molecule has 5 heteroatoms. The number of carbonyl (C=O) groups excluding carboxylic acids is 1. The van der Waals surface area contributed by atoms with Gasteiger partial charge < -0.3 is 9.64 Å². The Morgan fingerprint density at radius 3 is 2.77 bits per heavy atom. The molecule has 1 aliphatic rings. The summed E-state index contributed by atoms with van der Waals surface area (Å²) in [6.07, 6.45) is 0.910. The molecular formula is C17H20N2O2S. The number of likely N-dealkylation sites (N-methyl/N-ethyl adjacent to an activating group) is 1. The van der Waals surface area contributed by atoms with Crippen molar-refractivity contribution in [3.8, 4) is 0 Å². The molecule has 0 bridgehead atoms. The SMILES string of the molecule is Cc1nc(C)c(C(=O)N(C)CC2Cc3ccccc3CO2)s1. The van der Waals surface area contributed by atoms with E-state index < -0.39 is 0 Å². The molecule has 0 N–H and O–H groups in total. The van der Waals surface area contributed by atoms with E-state index in [1.165, 1.54) is 22.5 Å². The number of aromatic nitrogens is 1. The van der Waals surface area contributed by atoms with Crippen LogP contribution in [0.5, 0.6) is 0 Å². The standard InChI is InChI=1S/C17H20N2O2S/c1-11-16(22-12(2)18-11)17(20)19(3)9-15-8-13-6-4-5-7-14(13)10-21-15/h4-7,15H,8-10H2,1-3H3. The zero-order chi connectivity index (χ0) is 15.7. The van der Waals surface area contributed by atoms with Crippen LogP contribution in [-0.2, 0) is 17.8 Å². The van der Waals surface area contributed by atoms with Crippen molar-refractivity contribution in [1.82, 2.24) is 9.88 Å². The lowest BCUT2D eigenvalue weighted by molar-refractivity contribution is 0.00993. The van der Waals surface area contributed by atoms with Crippen LogP contribution >= 0.6 is 11.3 Å². The molecule has 2 aromatic rings. The minimum absolute atomic E-state index is 0.0329. The van der Waals surface area contributed by atoms with Crippen LogP contribution in [0, 0.1) is 13.8 Å². The highest BCUT2D eigenvalue weighted by Crippen LogP contribution is 2.22. The number of fused-ring (bicyclic) bond motifs is 1. The van der Waals surface area contributed by atoms with Gasteiger partial charge in [-0.05, 0) is 25.0 Å². The van der Waals surface area contributed by atoms with Crippen molar-refractivity contribution in [3.05, 3.63) is 51.0 Å². The lowest BCUT2D eigenvalue weighted by atomic mass is 9.99. The molecule has 1 aliphatic heterocycles. The van der Waals surface area contributed by atoms with Crippen LogP contribution in [0.1, 0.15) is 31.5 Å². The van der Waals surface area contributed by atoms with E-state index in [0.717, 1.165) is 22.0 Å². The van der Waals surface area contributed by atoms with Gasteiger partial charge in [-0.2, -0.15) is 0 Å². The summed E-state index contributed by atoms with van der Waals surface area (Å²) in [7, 11) is 1.83. The van der Waals surface area contributed by atoms with Crippen molar-refractivity contribution < 1.29 is 9.53 Å². The summed E-state index contributed by atoms with van der Waals surface area (Å²) < 4.78 is 5.89. The Morgan fingerprint density at radius 1 is 1.36 bits per heavy atom. The fraction of sp³-hybridized carbons (Fsp3) is 0.412. The molecule has 1 amide bonds. The molecule has 0 saturated carbocycles. The summed E-state index contributed by atoms with van der Waals surface area (Å²) >= 11 is 1.46. The maximum atomic E-state index is 12.5. The molecule has 116 valence electrons. The van der Waals surface area contributed by atoms with Gasteiger partial charge in [-0.3, -0.25) is 4.79 Å². The Balaban J connectivity index is 1.66. The molecule has 0 radical (unpaired) electrons. The van der Waals surface area contributed by atoms with Gasteiger partial charge in [-0.1, -0.05) is 24.3 Å². The maximum absolute atomic E-state index is 12.5. The number of thiazole rings is 1. The lowest BCUT2D eigenvalue weighted by Crippen LogP contribution is -2.38. The molecule has 1 aromatic carbocycles. The van der Waals surface area contributed by atoms with E-state index in [4.69, 9.17) is 4.74 Å². The smallest absolute Gasteiger partial charge is 0.265 e. The Hall–Kier alpha value is -1.72. The second-order valence-electron chi connectivity index (χ2n) is 5.74. The first kappa shape index (κ1) is 15.2. The van der Waals surface area contributed by atoms with Crippen LogP contribution in [0.4, 0.5) is 0 Å². The largest absolute Gasteiger partial charge is 0.371 e. The summed E-state index contributed by atoms with van der Waals surface area (Å²) in [5.41, 5.74) is 3.39. The molecule has 0 fully saturated rings. The number of nitrogens with zero attached hydrogens (tertiary/aromatic N) is 2. The number of amides is 1. The lowest BCUT2D eigenvalue weighted by Gasteiger charge is -2.29. The second kappa shape index (κ2) is 6.18. The monoisotopic (exact) mass is 316 g/mol. The van der Waals surface area contributed by atoms with Gasteiger partial charge in [-0.25, -0.2) is 4.98 Å². The quantitative estimate of drug-likeness (QED) is 0.874. The van der Waals surface area contributed by atoms with Crippen LogP contribution in [0.15, 0.2) is 24.3 Å². The Labute approximate surface area is 134 Å². The second-order valence-corrected chi connectivity index (χ2v) is 6.94. The Bertz CT molecular complexity index is 696. The number of hydrogen-bond donors (Lipinski definition) is 0. The molecule has 1 aromatic heterocycles. The third kappa shape index (κ3) is 3.05. The molecule has 0 spiro atoms. The van der Waals surface area contributed by atoms with Crippen LogP contribution in [0.25, 0.3) is 0 Å². The van der Waals surface area contributed by atoms with Crippen molar-refractivity contribution in [2.24, 2.45) is 0 Å². The van der Waals surface area contributed by atoms with Gasteiger partial charge in [0.05, 0.1) is 23.4 Å².